The molecule has 33 heavy (non-hydrogen) atoms. The zero-order valence-electron chi connectivity index (χ0n) is 23.2. The van der Waals surface area contributed by atoms with E-state index in [-0.39, 0.29) is 0 Å². The van der Waals surface area contributed by atoms with E-state index in [1.165, 1.54) is 160 Å². The number of aryl methyl sites for hydroxylation is 2. The fraction of sp³-hybridized carbons (Fsp3) is 0.903. The van der Waals surface area contributed by atoms with Crippen molar-refractivity contribution in [2.75, 3.05) is 0 Å². The van der Waals surface area contributed by atoms with E-state index in [0.29, 0.717) is 0 Å². The molecule has 0 N–H and O–H groups in total. The van der Waals surface area contributed by atoms with Gasteiger partial charge in [0, 0.05) is 6.42 Å². The zero-order chi connectivity index (χ0) is 23.8. The molecule has 0 amide bonds. The molecule has 1 heterocycles. The third-order valence-electron chi connectivity index (χ3n) is 7.41. The molecule has 0 unspecified atom stereocenters. The van der Waals surface area contributed by atoms with Gasteiger partial charge in [-0.25, -0.2) is 9.13 Å². The van der Waals surface area contributed by atoms with Crippen LogP contribution < -0.4 is 4.57 Å². The second-order valence-electron chi connectivity index (χ2n) is 10.5. The van der Waals surface area contributed by atoms with Crippen LogP contribution in [0.2, 0.25) is 0 Å². The third kappa shape index (κ3) is 16.5. The highest BCUT2D eigenvalue weighted by atomic mass is 15.1. The van der Waals surface area contributed by atoms with Crippen LogP contribution in [0.15, 0.2) is 12.4 Å². The van der Waals surface area contributed by atoms with Crippen molar-refractivity contribution in [3.63, 3.8) is 0 Å². The summed E-state index contributed by atoms with van der Waals surface area (Å²) in [7, 11) is 0. The molecule has 0 spiro atoms. The Bertz CT molecular complexity index is 519. The first-order valence-corrected chi connectivity index (χ1v) is 15.4. The van der Waals surface area contributed by atoms with Crippen molar-refractivity contribution in [2.24, 2.45) is 0 Å². The molecule has 0 aliphatic carbocycles. The maximum Gasteiger partial charge on any atom is 0.256 e. The lowest BCUT2D eigenvalue weighted by molar-refractivity contribution is -0.704. The molecule has 0 fully saturated rings. The van der Waals surface area contributed by atoms with Gasteiger partial charge >= 0.3 is 0 Å². The molecule has 194 valence electrons. The Balaban J connectivity index is 1.95. The van der Waals surface area contributed by atoms with Gasteiger partial charge in [-0.2, -0.15) is 0 Å². The van der Waals surface area contributed by atoms with Crippen LogP contribution in [0.25, 0.3) is 0 Å². The van der Waals surface area contributed by atoms with Crippen LogP contribution in [0.4, 0.5) is 0 Å². The van der Waals surface area contributed by atoms with E-state index in [1.807, 2.05) is 0 Å². The lowest BCUT2D eigenvalue weighted by Crippen LogP contribution is -2.37. The van der Waals surface area contributed by atoms with E-state index in [1.54, 1.807) is 0 Å². The molecule has 0 radical (unpaired) electrons. The van der Waals surface area contributed by atoms with Crippen LogP contribution in [0.5, 0.6) is 0 Å². The molecule has 0 bridgehead atoms. The van der Waals surface area contributed by atoms with Gasteiger partial charge in [-0.3, -0.25) is 0 Å². The maximum atomic E-state index is 2.53. The molecular weight excluding hydrogens is 400 g/mol. The minimum absolute atomic E-state index is 1.15. The smallest absolute Gasteiger partial charge is 0.234 e. The Kier molecular flexibility index (Phi) is 21.1. The van der Waals surface area contributed by atoms with Crippen LogP contribution in [0.1, 0.15) is 168 Å². The lowest BCUT2D eigenvalue weighted by Gasteiger charge is -2.05. The van der Waals surface area contributed by atoms with Crippen LogP contribution in [0, 0.1) is 0 Å². The molecule has 0 atom stereocenters. The van der Waals surface area contributed by atoms with E-state index in [4.69, 9.17) is 0 Å². The Morgan fingerprint density at radius 3 is 1.33 bits per heavy atom. The summed E-state index contributed by atoms with van der Waals surface area (Å²) in [6.45, 7) is 9.34. The fourth-order valence-corrected chi connectivity index (χ4v) is 5.20. The van der Waals surface area contributed by atoms with Gasteiger partial charge in [-0.05, 0) is 25.7 Å². The molecule has 0 aromatic carbocycles. The van der Waals surface area contributed by atoms with Crippen LogP contribution in [-0.2, 0) is 19.5 Å². The number of hydrogen-bond acceptors (Lipinski definition) is 0. The number of rotatable bonds is 25. The highest BCUT2D eigenvalue weighted by Crippen LogP contribution is 2.14. The average molecular weight is 462 g/mol. The summed E-state index contributed by atoms with van der Waals surface area (Å²) < 4.78 is 5.05. The van der Waals surface area contributed by atoms with Gasteiger partial charge in [-0.1, -0.05) is 136 Å². The fourth-order valence-electron chi connectivity index (χ4n) is 5.20. The first-order chi connectivity index (χ1) is 16.3. The monoisotopic (exact) mass is 461 g/mol. The van der Waals surface area contributed by atoms with Gasteiger partial charge < -0.3 is 0 Å². The minimum Gasteiger partial charge on any atom is -0.234 e. The van der Waals surface area contributed by atoms with Crippen molar-refractivity contribution >= 4 is 0 Å². The predicted octanol–water partition coefficient (Wildman–Crippen LogP) is 9.96. The van der Waals surface area contributed by atoms with E-state index >= 15 is 0 Å². The molecule has 2 heteroatoms. The van der Waals surface area contributed by atoms with Crippen LogP contribution >= 0.6 is 0 Å². The normalized spacial score (nSPS) is 11.5. The number of nitrogens with zero attached hydrogens (tertiary/aromatic N) is 2. The van der Waals surface area contributed by atoms with Crippen LogP contribution in [0.3, 0.4) is 0 Å². The maximum absolute atomic E-state index is 2.53. The van der Waals surface area contributed by atoms with Gasteiger partial charge in [0.25, 0.3) is 5.82 Å². The largest absolute Gasteiger partial charge is 0.256 e. The summed E-state index contributed by atoms with van der Waals surface area (Å²) >= 11 is 0. The van der Waals surface area contributed by atoms with Crippen molar-refractivity contribution in [3.8, 4) is 0 Å². The van der Waals surface area contributed by atoms with E-state index < -0.39 is 0 Å². The summed E-state index contributed by atoms with van der Waals surface area (Å²) in [5.74, 6) is 1.53. The zero-order valence-corrected chi connectivity index (χ0v) is 23.2. The molecule has 1 aromatic heterocycles. The van der Waals surface area contributed by atoms with Gasteiger partial charge in [0.15, 0.2) is 0 Å². The summed E-state index contributed by atoms with van der Waals surface area (Å²) in [6, 6.07) is 0. The first kappa shape index (κ1) is 30.2. The molecule has 0 aliphatic heterocycles. The van der Waals surface area contributed by atoms with Crippen LogP contribution in [-0.4, -0.2) is 4.57 Å². The van der Waals surface area contributed by atoms with Crippen molar-refractivity contribution < 1.29 is 4.57 Å². The lowest BCUT2D eigenvalue weighted by atomic mass is 10.0. The number of unbranched alkanes of at least 4 members (excludes halogenated alkanes) is 20. The van der Waals surface area contributed by atoms with E-state index in [2.05, 4.69) is 42.3 Å². The van der Waals surface area contributed by atoms with E-state index in [0.717, 1.165) is 6.42 Å². The summed E-state index contributed by atoms with van der Waals surface area (Å²) in [5.41, 5.74) is 0. The molecule has 0 saturated carbocycles. The number of imidazole rings is 1. The van der Waals surface area contributed by atoms with Crippen molar-refractivity contribution in [1.82, 2.24) is 4.57 Å². The highest BCUT2D eigenvalue weighted by molar-refractivity contribution is 4.83. The molecule has 1 aromatic rings. The predicted molar refractivity (Wildman–Crippen MR) is 147 cm³/mol. The standard InChI is InChI=1S/C31H61N2/c1-4-7-9-11-13-14-15-16-17-18-19-20-21-22-24-26-28-33-30-29-32(31(33)6-3)27-25-23-12-10-8-5-2/h29-30H,4-28H2,1-3H3/q+1. The quantitative estimate of drug-likeness (QED) is 0.101. The molecule has 0 saturated heterocycles. The third-order valence-corrected chi connectivity index (χ3v) is 7.41. The minimum atomic E-state index is 1.15. The second kappa shape index (κ2) is 23.0. The van der Waals surface area contributed by atoms with Gasteiger partial charge in [-0.15, -0.1) is 0 Å². The average Bonchev–Trinajstić information content (AvgIpc) is 3.22. The number of hydrogen-bond donors (Lipinski definition) is 0. The molecule has 2 nitrogen and oxygen atoms in total. The Hall–Kier alpha value is -0.790. The Labute approximate surface area is 208 Å². The Morgan fingerprint density at radius 1 is 0.515 bits per heavy atom. The molecule has 1 rings (SSSR count). The van der Waals surface area contributed by atoms with Crippen molar-refractivity contribution in [3.05, 3.63) is 18.2 Å². The van der Waals surface area contributed by atoms with Gasteiger partial charge in [0.2, 0.25) is 0 Å². The summed E-state index contributed by atoms with van der Waals surface area (Å²) in [6.07, 6.45) is 37.2. The van der Waals surface area contributed by atoms with Gasteiger partial charge in [0.1, 0.15) is 12.4 Å². The summed E-state index contributed by atoms with van der Waals surface area (Å²) in [4.78, 5) is 0. The molecular formula is C31H61N2+. The second-order valence-corrected chi connectivity index (χ2v) is 10.5. The first-order valence-electron chi connectivity index (χ1n) is 15.4. The SMILES string of the molecule is CCCCCCCCCCCCCCCCCC[n+]1ccn(CCCCCCCC)c1CC. The summed E-state index contributed by atoms with van der Waals surface area (Å²) in [5, 5.41) is 0. The topological polar surface area (TPSA) is 8.81 Å². The van der Waals surface area contributed by atoms with Crippen molar-refractivity contribution in [1.29, 1.82) is 0 Å². The van der Waals surface area contributed by atoms with Crippen molar-refractivity contribution in [2.45, 2.75) is 182 Å². The number of aromatic nitrogens is 2. The van der Waals surface area contributed by atoms with E-state index in [9.17, 15) is 0 Å². The Morgan fingerprint density at radius 2 is 0.909 bits per heavy atom. The highest BCUT2D eigenvalue weighted by Gasteiger charge is 2.14. The molecule has 0 aliphatic rings. The van der Waals surface area contributed by atoms with Gasteiger partial charge in [0.05, 0.1) is 13.1 Å².